The summed E-state index contributed by atoms with van der Waals surface area (Å²) >= 11 is 11.3. The summed E-state index contributed by atoms with van der Waals surface area (Å²) in [7, 11) is 0. The topological polar surface area (TPSA) is 0 Å². The van der Waals surface area contributed by atoms with E-state index >= 15 is 0 Å². The Kier molecular flexibility index (Phi) is 3.74. The van der Waals surface area contributed by atoms with Crippen molar-refractivity contribution in [3.63, 3.8) is 0 Å². The zero-order chi connectivity index (χ0) is 14.2. The first kappa shape index (κ1) is 14.2. The van der Waals surface area contributed by atoms with Gasteiger partial charge in [-0.25, -0.2) is 4.39 Å². The summed E-state index contributed by atoms with van der Waals surface area (Å²) in [5.41, 5.74) is -1.64. The third kappa shape index (κ3) is 2.85. The van der Waals surface area contributed by atoms with Crippen molar-refractivity contribution in [2.75, 3.05) is 0 Å². The molecule has 0 aromatic heterocycles. The largest absolute Gasteiger partial charge is 0.417 e. The van der Waals surface area contributed by atoms with Gasteiger partial charge in [0.15, 0.2) is 0 Å². The molecule has 0 aliphatic carbocycles. The van der Waals surface area contributed by atoms with Crippen LogP contribution in [0, 0.1) is 5.82 Å². The molecular weight excluding hydrogens is 303 g/mol. The van der Waals surface area contributed by atoms with Gasteiger partial charge in [-0.2, -0.15) is 13.2 Å². The maximum absolute atomic E-state index is 13.7. The molecule has 100 valence electrons. The Morgan fingerprint density at radius 3 is 2.21 bits per heavy atom. The van der Waals surface area contributed by atoms with Gasteiger partial charge in [-0.3, -0.25) is 0 Å². The van der Waals surface area contributed by atoms with Crippen molar-refractivity contribution in [3.05, 3.63) is 57.8 Å². The SMILES string of the molecule is Fc1cccc(Cl)c1-c1ccc(Cl)cc1C(F)(F)F. The van der Waals surface area contributed by atoms with Crippen LogP contribution in [-0.4, -0.2) is 0 Å². The van der Waals surface area contributed by atoms with Crippen molar-refractivity contribution in [2.24, 2.45) is 0 Å². The molecule has 0 radical (unpaired) electrons. The minimum absolute atomic E-state index is 0.0801. The fourth-order valence-electron chi connectivity index (χ4n) is 1.72. The molecule has 0 fully saturated rings. The van der Waals surface area contributed by atoms with Crippen LogP contribution in [-0.2, 0) is 6.18 Å². The normalized spacial score (nSPS) is 11.7. The summed E-state index contributed by atoms with van der Waals surface area (Å²) < 4.78 is 52.6. The number of hydrogen-bond acceptors (Lipinski definition) is 0. The molecule has 0 heterocycles. The fraction of sp³-hybridized carbons (Fsp3) is 0.0769. The van der Waals surface area contributed by atoms with Crippen molar-refractivity contribution in [1.29, 1.82) is 0 Å². The summed E-state index contributed by atoms with van der Waals surface area (Å²) in [6.07, 6.45) is -4.65. The molecule has 2 rings (SSSR count). The summed E-state index contributed by atoms with van der Waals surface area (Å²) in [5.74, 6) is -0.819. The average Bonchev–Trinajstić information content (AvgIpc) is 2.29. The van der Waals surface area contributed by atoms with E-state index in [1.807, 2.05) is 0 Å². The van der Waals surface area contributed by atoms with E-state index < -0.39 is 17.6 Å². The molecular formula is C13H6Cl2F4. The standard InChI is InChI=1S/C13H6Cl2F4/c14-7-4-5-8(9(6-7)13(17,18)19)12-10(15)2-1-3-11(12)16/h1-6H. The lowest BCUT2D eigenvalue weighted by molar-refractivity contribution is -0.137. The van der Waals surface area contributed by atoms with E-state index in [2.05, 4.69) is 0 Å². The summed E-state index contributed by atoms with van der Waals surface area (Å²) in [4.78, 5) is 0. The summed E-state index contributed by atoms with van der Waals surface area (Å²) in [6.45, 7) is 0. The van der Waals surface area contributed by atoms with Gasteiger partial charge in [0.05, 0.1) is 10.6 Å². The van der Waals surface area contributed by atoms with Gasteiger partial charge >= 0.3 is 6.18 Å². The highest BCUT2D eigenvalue weighted by atomic mass is 35.5. The van der Waals surface area contributed by atoms with Gasteiger partial charge in [-0.15, -0.1) is 0 Å². The lowest BCUT2D eigenvalue weighted by atomic mass is 9.99. The smallest absolute Gasteiger partial charge is 0.206 e. The molecule has 6 heteroatoms. The van der Waals surface area contributed by atoms with Crippen LogP contribution in [0.3, 0.4) is 0 Å². The molecule has 0 amide bonds. The number of benzene rings is 2. The molecule has 0 spiro atoms. The van der Waals surface area contributed by atoms with E-state index in [0.717, 1.165) is 18.2 Å². The van der Waals surface area contributed by atoms with Crippen molar-refractivity contribution >= 4 is 23.2 Å². The van der Waals surface area contributed by atoms with Crippen LogP contribution < -0.4 is 0 Å². The Hall–Kier alpha value is -1.26. The number of hydrogen-bond donors (Lipinski definition) is 0. The number of alkyl halides is 3. The Labute approximate surface area is 116 Å². The van der Waals surface area contributed by atoms with Crippen LogP contribution >= 0.6 is 23.2 Å². The predicted molar refractivity (Wildman–Crippen MR) is 66.9 cm³/mol. The summed E-state index contributed by atoms with van der Waals surface area (Å²) in [5, 5.41) is -0.170. The molecule has 0 aliphatic rings. The Balaban J connectivity index is 2.76. The second-order valence-corrected chi connectivity index (χ2v) is 4.63. The maximum atomic E-state index is 13.7. The van der Waals surface area contributed by atoms with Gasteiger partial charge in [-0.1, -0.05) is 35.3 Å². The number of halogens is 6. The minimum Gasteiger partial charge on any atom is -0.206 e. The van der Waals surface area contributed by atoms with Crippen LogP contribution in [0.2, 0.25) is 10.0 Å². The number of rotatable bonds is 1. The second kappa shape index (κ2) is 5.02. The zero-order valence-electron chi connectivity index (χ0n) is 9.23. The molecule has 19 heavy (non-hydrogen) atoms. The Morgan fingerprint density at radius 2 is 1.63 bits per heavy atom. The van der Waals surface area contributed by atoms with E-state index in [9.17, 15) is 17.6 Å². The lowest BCUT2D eigenvalue weighted by Gasteiger charge is -2.15. The zero-order valence-corrected chi connectivity index (χ0v) is 10.7. The van der Waals surface area contributed by atoms with Gasteiger partial charge in [0.2, 0.25) is 0 Å². The third-order valence-corrected chi connectivity index (χ3v) is 3.07. The predicted octanol–water partition coefficient (Wildman–Crippen LogP) is 5.82. The molecule has 0 unspecified atom stereocenters. The van der Waals surface area contributed by atoms with Gasteiger partial charge in [0.1, 0.15) is 5.82 Å². The van der Waals surface area contributed by atoms with E-state index in [0.29, 0.717) is 0 Å². The molecule has 0 N–H and O–H groups in total. The van der Waals surface area contributed by atoms with E-state index in [1.165, 1.54) is 18.2 Å². The van der Waals surface area contributed by atoms with Crippen molar-refractivity contribution in [3.8, 4) is 11.1 Å². The highest BCUT2D eigenvalue weighted by molar-refractivity contribution is 6.33. The molecule has 0 nitrogen and oxygen atoms in total. The summed E-state index contributed by atoms with van der Waals surface area (Å²) in [6, 6.07) is 6.82. The molecule has 0 saturated heterocycles. The van der Waals surface area contributed by atoms with Crippen LogP contribution in [0.5, 0.6) is 0 Å². The van der Waals surface area contributed by atoms with Gasteiger partial charge < -0.3 is 0 Å². The fourth-order valence-corrected chi connectivity index (χ4v) is 2.16. The second-order valence-electron chi connectivity index (χ2n) is 3.78. The molecule has 2 aromatic rings. The third-order valence-electron chi connectivity index (χ3n) is 2.52. The average molecular weight is 309 g/mol. The highest BCUT2D eigenvalue weighted by Crippen LogP contribution is 2.41. The first-order valence-corrected chi connectivity index (χ1v) is 5.87. The minimum atomic E-state index is -4.65. The maximum Gasteiger partial charge on any atom is 0.417 e. The lowest BCUT2D eigenvalue weighted by Crippen LogP contribution is -2.07. The van der Waals surface area contributed by atoms with Gasteiger partial charge in [0.25, 0.3) is 0 Å². The van der Waals surface area contributed by atoms with Crippen molar-refractivity contribution in [1.82, 2.24) is 0 Å². The molecule has 0 atom stereocenters. The Morgan fingerprint density at radius 1 is 0.947 bits per heavy atom. The quantitative estimate of drug-likeness (QED) is 0.582. The molecule has 0 aliphatic heterocycles. The first-order chi connectivity index (χ1) is 8.80. The molecule has 2 aromatic carbocycles. The van der Waals surface area contributed by atoms with Crippen LogP contribution in [0.15, 0.2) is 36.4 Å². The monoisotopic (exact) mass is 308 g/mol. The molecule has 0 saturated carbocycles. The van der Waals surface area contributed by atoms with E-state index in [4.69, 9.17) is 23.2 Å². The van der Waals surface area contributed by atoms with Gasteiger partial charge in [0, 0.05) is 10.6 Å². The highest BCUT2D eigenvalue weighted by Gasteiger charge is 2.35. The van der Waals surface area contributed by atoms with Crippen molar-refractivity contribution in [2.45, 2.75) is 6.18 Å². The van der Waals surface area contributed by atoms with E-state index in [1.54, 1.807) is 0 Å². The Bertz CT molecular complexity index is 600. The van der Waals surface area contributed by atoms with Crippen LogP contribution in [0.1, 0.15) is 5.56 Å². The van der Waals surface area contributed by atoms with Crippen molar-refractivity contribution < 1.29 is 17.6 Å². The van der Waals surface area contributed by atoms with Crippen LogP contribution in [0.4, 0.5) is 17.6 Å². The van der Waals surface area contributed by atoms with Crippen LogP contribution in [0.25, 0.3) is 11.1 Å². The van der Waals surface area contributed by atoms with E-state index in [-0.39, 0.29) is 21.2 Å². The van der Waals surface area contributed by atoms with Gasteiger partial charge in [-0.05, 0) is 29.8 Å². The first-order valence-electron chi connectivity index (χ1n) is 5.12. The molecule has 0 bridgehead atoms.